The number of ether oxygens (including phenoxy) is 3. The van der Waals surface area contributed by atoms with E-state index < -0.39 is 5.97 Å². The molecule has 0 spiro atoms. The van der Waals surface area contributed by atoms with Crippen LogP contribution in [0.3, 0.4) is 0 Å². The summed E-state index contributed by atoms with van der Waals surface area (Å²) in [7, 11) is 1.49. The third-order valence-electron chi connectivity index (χ3n) is 4.99. The number of aromatic nitrogens is 1. The summed E-state index contributed by atoms with van der Waals surface area (Å²) in [5.41, 5.74) is 1.92. The maximum absolute atomic E-state index is 12.3. The lowest BCUT2D eigenvalue weighted by molar-refractivity contribution is -0.135. The van der Waals surface area contributed by atoms with E-state index in [4.69, 9.17) is 18.7 Å². The summed E-state index contributed by atoms with van der Waals surface area (Å²) in [6.07, 6.45) is 3.12. The number of rotatable bonds is 7. The number of carbonyl (C=O) groups excluding carboxylic acids is 2. The topological polar surface area (TPSA) is 91.1 Å². The first-order valence-electron chi connectivity index (χ1n) is 9.67. The zero-order valence-corrected chi connectivity index (χ0v) is 17.0. The number of esters is 1. The van der Waals surface area contributed by atoms with Crippen molar-refractivity contribution in [3.63, 3.8) is 0 Å². The van der Waals surface area contributed by atoms with E-state index in [1.165, 1.54) is 13.2 Å². The summed E-state index contributed by atoms with van der Waals surface area (Å²) in [4.78, 5) is 26.2. The highest BCUT2D eigenvalue weighted by atomic mass is 16.5. The number of hydrogen-bond acceptors (Lipinski definition) is 7. The molecule has 1 aromatic heterocycles. The van der Waals surface area contributed by atoms with E-state index in [9.17, 15) is 9.59 Å². The van der Waals surface area contributed by atoms with Crippen LogP contribution in [0.15, 0.2) is 22.7 Å². The average Bonchev–Trinajstić information content (AvgIpc) is 3.08. The van der Waals surface area contributed by atoms with Crippen molar-refractivity contribution < 1.29 is 28.3 Å². The van der Waals surface area contributed by atoms with Crippen molar-refractivity contribution in [3.05, 3.63) is 40.8 Å². The summed E-state index contributed by atoms with van der Waals surface area (Å²) in [5, 5.41) is 3.90. The Bertz CT molecular complexity index is 851. The van der Waals surface area contributed by atoms with Gasteiger partial charge >= 0.3 is 5.97 Å². The highest BCUT2D eigenvalue weighted by Gasteiger charge is 2.19. The van der Waals surface area contributed by atoms with Crippen LogP contribution in [0.5, 0.6) is 11.5 Å². The molecule has 0 N–H and O–H groups in total. The van der Waals surface area contributed by atoms with Crippen molar-refractivity contribution in [2.75, 3.05) is 26.8 Å². The van der Waals surface area contributed by atoms with Gasteiger partial charge in [0.1, 0.15) is 12.4 Å². The number of nitrogens with zero attached hydrogens (tertiary/aromatic N) is 2. The molecule has 1 aliphatic heterocycles. The van der Waals surface area contributed by atoms with Gasteiger partial charge in [-0.2, -0.15) is 0 Å². The minimum atomic E-state index is -0.578. The first-order valence-corrected chi connectivity index (χ1v) is 9.67. The fourth-order valence-corrected chi connectivity index (χ4v) is 3.22. The second-order valence-corrected chi connectivity index (χ2v) is 6.97. The molecule has 0 bridgehead atoms. The Balaban J connectivity index is 1.60. The van der Waals surface area contributed by atoms with Crippen LogP contribution in [-0.2, 0) is 16.1 Å². The minimum absolute atomic E-state index is 0.163. The number of benzene rings is 1. The van der Waals surface area contributed by atoms with Gasteiger partial charge in [-0.15, -0.1) is 0 Å². The van der Waals surface area contributed by atoms with Crippen LogP contribution in [0, 0.1) is 13.8 Å². The predicted octanol–water partition coefficient (Wildman–Crippen LogP) is 3.05. The number of amides is 1. The summed E-state index contributed by atoms with van der Waals surface area (Å²) < 4.78 is 21.5. The largest absolute Gasteiger partial charge is 0.493 e. The Morgan fingerprint density at radius 2 is 1.90 bits per heavy atom. The molecule has 0 radical (unpaired) electrons. The van der Waals surface area contributed by atoms with E-state index >= 15 is 0 Å². The van der Waals surface area contributed by atoms with Crippen molar-refractivity contribution >= 4 is 11.9 Å². The van der Waals surface area contributed by atoms with Crippen LogP contribution in [-0.4, -0.2) is 48.7 Å². The number of aryl methyl sites for hydroxylation is 2. The van der Waals surface area contributed by atoms with E-state index in [0.29, 0.717) is 17.3 Å². The lowest BCUT2D eigenvalue weighted by Gasteiger charge is -2.26. The van der Waals surface area contributed by atoms with E-state index in [2.05, 4.69) is 5.16 Å². The monoisotopic (exact) mass is 402 g/mol. The molecule has 2 heterocycles. The van der Waals surface area contributed by atoms with Crippen LogP contribution in [0.1, 0.15) is 46.6 Å². The van der Waals surface area contributed by atoms with Crippen molar-refractivity contribution in [1.82, 2.24) is 10.1 Å². The van der Waals surface area contributed by atoms with Gasteiger partial charge in [-0.1, -0.05) is 5.16 Å². The Morgan fingerprint density at radius 3 is 2.55 bits per heavy atom. The van der Waals surface area contributed by atoms with Gasteiger partial charge < -0.3 is 23.6 Å². The highest BCUT2D eigenvalue weighted by Crippen LogP contribution is 2.29. The molecule has 2 aromatic rings. The smallest absolute Gasteiger partial charge is 0.338 e. The number of carbonyl (C=O) groups is 2. The van der Waals surface area contributed by atoms with Gasteiger partial charge in [-0.25, -0.2) is 4.79 Å². The van der Waals surface area contributed by atoms with Gasteiger partial charge in [-0.05, 0) is 51.3 Å². The van der Waals surface area contributed by atoms with Crippen LogP contribution >= 0.6 is 0 Å². The van der Waals surface area contributed by atoms with Crippen LogP contribution < -0.4 is 9.47 Å². The van der Waals surface area contributed by atoms with E-state index in [1.807, 2.05) is 13.8 Å². The van der Waals surface area contributed by atoms with E-state index in [1.54, 1.807) is 17.0 Å². The molecular weight excluding hydrogens is 376 g/mol. The zero-order chi connectivity index (χ0) is 20.8. The predicted molar refractivity (Wildman–Crippen MR) is 104 cm³/mol. The third-order valence-corrected chi connectivity index (χ3v) is 4.99. The molecule has 0 unspecified atom stereocenters. The van der Waals surface area contributed by atoms with Crippen molar-refractivity contribution in [2.24, 2.45) is 0 Å². The second kappa shape index (κ2) is 9.45. The molecule has 156 valence electrons. The SMILES string of the molecule is COc1cc(C(=O)OCC(=O)N2CCCCC2)ccc1OCc1c(C)noc1C. The molecule has 1 fully saturated rings. The van der Waals surface area contributed by atoms with E-state index in [-0.39, 0.29) is 24.7 Å². The Kier molecular flexibility index (Phi) is 6.74. The maximum atomic E-state index is 12.3. The lowest BCUT2D eigenvalue weighted by atomic mass is 10.1. The second-order valence-electron chi connectivity index (χ2n) is 6.97. The fourth-order valence-electron chi connectivity index (χ4n) is 3.22. The molecule has 1 aromatic carbocycles. The van der Waals surface area contributed by atoms with E-state index in [0.717, 1.165) is 43.6 Å². The molecule has 0 atom stereocenters. The Labute approximate surface area is 169 Å². The van der Waals surface area contributed by atoms with Crippen LogP contribution in [0.4, 0.5) is 0 Å². The van der Waals surface area contributed by atoms with Crippen LogP contribution in [0.2, 0.25) is 0 Å². The number of methoxy groups -OCH3 is 1. The summed E-state index contributed by atoms with van der Waals surface area (Å²) in [6.45, 7) is 5.12. The Hall–Kier alpha value is -3.03. The van der Waals surface area contributed by atoms with Gasteiger partial charge in [0.25, 0.3) is 5.91 Å². The quantitative estimate of drug-likeness (QED) is 0.657. The minimum Gasteiger partial charge on any atom is -0.493 e. The fraction of sp³-hybridized carbons (Fsp3) is 0.476. The number of likely N-dealkylation sites (tertiary alicyclic amines) is 1. The first-order chi connectivity index (χ1) is 14.0. The Morgan fingerprint density at radius 1 is 1.14 bits per heavy atom. The summed E-state index contributed by atoms with van der Waals surface area (Å²) in [5.74, 6) is 0.831. The van der Waals surface area contributed by atoms with Crippen molar-refractivity contribution in [2.45, 2.75) is 39.7 Å². The third kappa shape index (κ3) is 5.07. The van der Waals surface area contributed by atoms with Gasteiger partial charge in [0.15, 0.2) is 18.1 Å². The van der Waals surface area contributed by atoms with Gasteiger partial charge in [0.05, 0.1) is 23.9 Å². The molecule has 0 aliphatic carbocycles. The molecular formula is C21H26N2O6. The molecule has 1 amide bonds. The standard InChI is InChI=1S/C21H26N2O6/c1-14-17(15(2)29-22-14)12-27-18-8-7-16(11-19(18)26-3)21(25)28-13-20(24)23-9-5-4-6-10-23/h7-8,11H,4-6,9-10,12-13H2,1-3H3. The molecule has 8 heteroatoms. The summed E-state index contributed by atoms with van der Waals surface area (Å²) >= 11 is 0. The molecule has 29 heavy (non-hydrogen) atoms. The molecule has 1 aliphatic rings. The normalized spacial score (nSPS) is 13.8. The van der Waals surface area contributed by atoms with Gasteiger partial charge in [-0.3, -0.25) is 4.79 Å². The zero-order valence-electron chi connectivity index (χ0n) is 17.0. The average molecular weight is 402 g/mol. The number of piperidine rings is 1. The molecule has 8 nitrogen and oxygen atoms in total. The lowest BCUT2D eigenvalue weighted by Crippen LogP contribution is -2.38. The van der Waals surface area contributed by atoms with Crippen molar-refractivity contribution in [3.8, 4) is 11.5 Å². The molecule has 1 saturated heterocycles. The van der Waals surface area contributed by atoms with Crippen molar-refractivity contribution in [1.29, 1.82) is 0 Å². The van der Waals surface area contributed by atoms with Gasteiger partial charge in [0.2, 0.25) is 0 Å². The molecule has 0 saturated carbocycles. The van der Waals surface area contributed by atoms with Crippen LogP contribution in [0.25, 0.3) is 0 Å². The summed E-state index contributed by atoms with van der Waals surface area (Å²) in [6, 6.07) is 4.76. The maximum Gasteiger partial charge on any atom is 0.338 e. The highest BCUT2D eigenvalue weighted by molar-refractivity contribution is 5.92. The number of hydrogen-bond donors (Lipinski definition) is 0. The molecule has 3 rings (SSSR count). The first kappa shape index (κ1) is 20.7. The van der Waals surface area contributed by atoms with Gasteiger partial charge in [0, 0.05) is 13.1 Å².